The lowest BCUT2D eigenvalue weighted by Gasteiger charge is -2.45. The van der Waals surface area contributed by atoms with E-state index in [1.165, 1.54) is 65.5 Å². The molecule has 0 aliphatic carbocycles. The van der Waals surface area contributed by atoms with Gasteiger partial charge in [-0.3, -0.25) is 48.7 Å². The maximum atomic E-state index is 15.0. The predicted molar refractivity (Wildman–Crippen MR) is 482 cm³/mol. The van der Waals surface area contributed by atoms with Gasteiger partial charge in [-0.2, -0.15) is 18.2 Å². The number of fused-ring (bicyclic) bond motifs is 3. The zero-order chi connectivity index (χ0) is 90.9. The predicted octanol–water partition coefficient (Wildman–Crippen LogP) is 17.3. The van der Waals surface area contributed by atoms with Crippen LogP contribution in [0, 0.1) is 24.0 Å². The van der Waals surface area contributed by atoms with Crippen LogP contribution < -0.4 is 20.4 Å². The zero-order valence-corrected chi connectivity index (χ0v) is 74.9. The number of carbonyl (C=O) groups is 5. The molecule has 14 rings (SSSR count). The number of benzene rings is 3. The van der Waals surface area contributed by atoms with Gasteiger partial charge in [-0.15, -0.1) is 0 Å². The highest BCUT2D eigenvalue weighted by Gasteiger charge is 2.43. The van der Waals surface area contributed by atoms with Crippen molar-refractivity contribution in [3.05, 3.63) is 224 Å². The molecule has 125 heavy (non-hydrogen) atoms. The van der Waals surface area contributed by atoms with Gasteiger partial charge in [0, 0.05) is 105 Å². The molecule has 0 bridgehead atoms. The fourth-order valence-corrected chi connectivity index (χ4v) is 17.3. The molecule has 0 N–H and O–H groups in total. The zero-order valence-electron chi connectivity index (χ0n) is 72.7. The fourth-order valence-electron chi connectivity index (χ4n) is 16.6. The molecule has 656 valence electrons. The van der Waals surface area contributed by atoms with Crippen molar-refractivity contribution in [3.8, 4) is 39.5 Å². The number of nitrogens with zero attached hydrogens (tertiary/aromatic N) is 18. The molecule has 5 aliphatic rings. The number of alkyl halides is 3. The van der Waals surface area contributed by atoms with E-state index < -0.39 is 29.1 Å². The van der Waals surface area contributed by atoms with E-state index in [9.17, 15) is 46.3 Å². The second kappa shape index (κ2) is 38.0. The molecule has 32 heteroatoms. The van der Waals surface area contributed by atoms with E-state index >= 15 is 4.39 Å². The van der Waals surface area contributed by atoms with Crippen molar-refractivity contribution in [3.63, 3.8) is 0 Å². The normalized spacial score (nSPS) is 18.7. The largest absolute Gasteiger partial charge is 0.417 e. The number of aryl methyl sites for hydroxylation is 2. The van der Waals surface area contributed by atoms with Gasteiger partial charge in [0.05, 0.1) is 82.7 Å². The van der Waals surface area contributed by atoms with Gasteiger partial charge in [0.2, 0.25) is 23.6 Å². The average Bonchev–Trinajstić information content (AvgIpc) is 1.44. The molecule has 5 amide bonds. The van der Waals surface area contributed by atoms with Gasteiger partial charge in [0.1, 0.15) is 54.4 Å². The van der Waals surface area contributed by atoms with Crippen LogP contribution in [0.1, 0.15) is 155 Å². The molecule has 24 nitrogen and oxygen atoms in total. The van der Waals surface area contributed by atoms with Gasteiger partial charge in [0.25, 0.3) is 5.91 Å². The smallest absolute Gasteiger partial charge is 0.350 e. The molecule has 3 fully saturated rings. The molecule has 3 saturated heterocycles. The summed E-state index contributed by atoms with van der Waals surface area (Å²) in [6.45, 7) is 43.2. The topological polar surface area (TPSA) is 248 Å². The van der Waals surface area contributed by atoms with Crippen molar-refractivity contribution >= 4 is 110 Å². The Labute approximate surface area is 739 Å². The molecular weight excluding hydrogens is 1670 g/mol. The van der Waals surface area contributed by atoms with E-state index in [1.54, 1.807) is 79.2 Å². The van der Waals surface area contributed by atoms with E-state index in [0.717, 1.165) is 23.7 Å². The summed E-state index contributed by atoms with van der Waals surface area (Å²) in [5.41, 5.74) is 3.81. The summed E-state index contributed by atoms with van der Waals surface area (Å²) in [4.78, 5) is 136. The third-order valence-corrected chi connectivity index (χ3v) is 23.4. The summed E-state index contributed by atoms with van der Waals surface area (Å²) >= 11 is 20.3. The highest BCUT2D eigenvalue weighted by Crippen LogP contribution is 2.45. The Bertz CT molecular complexity index is 5830. The van der Waals surface area contributed by atoms with Gasteiger partial charge in [-0.05, 0) is 151 Å². The quantitative estimate of drug-likeness (QED) is 0.0725. The van der Waals surface area contributed by atoms with Gasteiger partial charge in [0.15, 0.2) is 11.5 Å². The molecule has 11 heterocycles. The van der Waals surface area contributed by atoms with Crippen LogP contribution in [0.2, 0.25) is 15.1 Å². The summed E-state index contributed by atoms with van der Waals surface area (Å²) < 4.78 is 73.6. The molecule has 6 atom stereocenters. The van der Waals surface area contributed by atoms with Crippen LogP contribution in [0.5, 0.6) is 0 Å². The lowest BCUT2D eigenvalue weighted by atomic mass is 9.95. The molecule has 0 radical (unpaired) electrons. The second-order valence-electron chi connectivity index (χ2n) is 33.8. The van der Waals surface area contributed by atoms with Crippen LogP contribution in [-0.2, 0) is 36.6 Å². The number of halogens is 8. The van der Waals surface area contributed by atoms with Crippen molar-refractivity contribution in [2.24, 2.45) is 15.4 Å². The van der Waals surface area contributed by atoms with Crippen LogP contribution in [0.4, 0.5) is 45.1 Å². The van der Waals surface area contributed by atoms with Crippen molar-refractivity contribution in [1.82, 2.24) is 64.0 Å². The number of amidine groups is 2. The van der Waals surface area contributed by atoms with Crippen LogP contribution in [-0.4, -0.2) is 200 Å². The Morgan fingerprint density at radius 1 is 0.528 bits per heavy atom. The SMILES string of the molecule is C=CC(=O)N1CC(C)N(C2=NCC(=O)N(CC(C)(C)C)c3nc(-c4ccccc4F)c(Cl)cc32)CC1C.C=CC(=O)N1CC(C)N(C2=NCC(=O)N(c3c(C)ccnc3CCC)c3nc(-c4ccccc4F)c(Cl)cc32)CC1C.C=CC(=O)N1CC(C)N(c2nc(=O)n(-c3c(C(C)C)ncnc3C(C)C)c3nc(-c4ccccc4C(F)(F)F)c(Cl)cc23)CC1C. The molecule has 9 aromatic rings. The van der Waals surface area contributed by atoms with Gasteiger partial charge in [-0.25, -0.2) is 43.1 Å². The summed E-state index contributed by atoms with van der Waals surface area (Å²) in [5, 5.41) is 0.811. The first-order valence-corrected chi connectivity index (χ1v) is 42.7. The minimum absolute atomic E-state index is 0.0453. The molecule has 0 spiro atoms. The summed E-state index contributed by atoms with van der Waals surface area (Å²) in [6.07, 6.45) is 3.89. The minimum atomic E-state index is -4.68. The summed E-state index contributed by atoms with van der Waals surface area (Å²) in [7, 11) is 0. The third-order valence-electron chi connectivity index (χ3n) is 22.6. The van der Waals surface area contributed by atoms with E-state index in [0.29, 0.717) is 115 Å². The first-order chi connectivity index (χ1) is 59.2. The number of pyridine rings is 4. The van der Waals surface area contributed by atoms with Crippen LogP contribution >= 0.6 is 34.8 Å². The van der Waals surface area contributed by atoms with Crippen molar-refractivity contribution in [1.29, 1.82) is 0 Å². The number of hydrogen-bond donors (Lipinski definition) is 0. The summed E-state index contributed by atoms with van der Waals surface area (Å²) in [5.74, 6) is -0.00821. The summed E-state index contributed by atoms with van der Waals surface area (Å²) in [6, 6.07) is 23.5. The maximum Gasteiger partial charge on any atom is 0.417 e. The highest BCUT2D eigenvalue weighted by atomic mass is 35.5. The Kier molecular flexibility index (Phi) is 28.1. The third kappa shape index (κ3) is 19.1. The van der Waals surface area contributed by atoms with Crippen LogP contribution in [0.15, 0.2) is 162 Å². The number of carbonyl (C=O) groups excluding carboxylic acids is 5. The molecule has 3 aromatic carbocycles. The molecule has 6 aromatic heterocycles. The van der Waals surface area contributed by atoms with Gasteiger partial charge >= 0.3 is 11.9 Å². The highest BCUT2D eigenvalue weighted by molar-refractivity contribution is 6.35. The molecule has 6 unspecified atom stereocenters. The molecule has 5 aliphatic heterocycles. The van der Waals surface area contributed by atoms with E-state index in [1.807, 2.05) is 108 Å². The first-order valence-electron chi connectivity index (χ1n) is 41.5. The van der Waals surface area contributed by atoms with Crippen molar-refractivity contribution in [2.45, 2.75) is 171 Å². The molecular formula is C93H102Cl3F5N18O6. The average molecular weight is 1770 g/mol. The molecule has 0 saturated carbocycles. The first kappa shape index (κ1) is 92.5. The fraction of sp³-hybridized carbons (Fsp3) is 0.387. The van der Waals surface area contributed by atoms with E-state index in [4.69, 9.17) is 59.7 Å². The van der Waals surface area contributed by atoms with E-state index in [2.05, 4.69) is 56.4 Å². The number of anilines is 4. The Balaban J connectivity index is 0.000000172. The maximum absolute atomic E-state index is 15.0. The van der Waals surface area contributed by atoms with Crippen LogP contribution in [0.25, 0.3) is 50.5 Å². The minimum Gasteiger partial charge on any atom is -0.350 e. The number of rotatable bonds is 14. The number of hydrogen-bond acceptors (Lipinski definition) is 18. The van der Waals surface area contributed by atoms with Crippen LogP contribution in [0.3, 0.4) is 0 Å². The number of aromatic nitrogens is 8. The lowest BCUT2D eigenvalue weighted by Crippen LogP contribution is -2.59. The lowest BCUT2D eigenvalue weighted by molar-refractivity contribution is -0.137. The monoisotopic (exact) mass is 1770 g/mol. The second-order valence-corrected chi connectivity index (χ2v) is 35.0. The Morgan fingerprint density at radius 2 is 0.968 bits per heavy atom. The van der Waals surface area contributed by atoms with Crippen molar-refractivity contribution < 1.29 is 45.9 Å². The van der Waals surface area contributed by atoms with Gasteiger partial charge < -0.3 is 29.4 Å². The van der Waals surface area contributed by atoms with Crippen molar-refractivity contribution in [2.75, 3.05) is 73.6 Å². The standard InChI is InChI=1S/C33H35ClF3N7O2.C32H34ClFN6O2.C28H33ClFN5O2/c1-8-25(45)42-14-20(7)43(15-19(42)6)30-22-13-24(34)28(21-11-9-10-12-23(21)33(35,36)37)40-31(22)44(32(46)41-30)29-26(17(2)3)38-16-39-27(29)18(4)5;1-6-10-26-30(19(3)13-14-35-26)40-28(42)16-36-31(39-18-20(4)38(17-21(39)5)27(41)7-2)23-15-24(33)29(37-32(23)40)22-11-8-9-12-25(22)34;1-7-23(36)33-14-18(3)34(15-17(33)2)26-20-12-21(29)25(19-10-8-9-11-22(19)30)32-27(20)35(16-28(4,5)6)24(37)13-31-26/h8-13,16-20H,1,14-15H2,2-7H3;7-9,11-15,20-21H,2,6,10,16-18H2,1,3-5H3;7-12,17-18H,1,13-16H2,2-6H3. The number of amides is 5. The van der Waals surface area contributed by atoms with E-state index in [-0.39, 0.29) is 156 Å². The Hall–Kier alpha value is -11.7. The Morgan fingerprint density at radius 3 is 1.44 bits per heavy atom. The number of aliphatic imine (C=N–C) groups is 2. The van der Waals surface area contributed by atoms with Gasteiger partial charge in [-0.1, -0.05) is 159 Å². The number of piperazine rings is 3.